The Morgan fingerprint density at radius 3 is 2.27 bits per heavy atom. The molecule has 1 N–H and O–H groups in total. The van der Waals surface area contributed by atoms with Gasteiger partial charge >= 0.3 is 8.32 Å². The first-order valence-corrected chi connectivity index (χ1v) is 20.8. The second-order valence-corrected chi connectivity index (χ2v) is 19.6. The molecule has 56 heavy (non-hydrogen) atoms. The topological polar surface area (TPSA) is 73.5 Å². The quantitative estimate of drug-likeness (QED) is 0.124. The van der Waals surface area contributed by atoms with Gasteiger partial charge in [-0.2, -0.15) is 5.10 Å². The van der Waals surface area contributed by atoms with E-state index in [1.54, 1.807) is 35.1 Å². The van der Waals surface area contributed by atoms with Gasteiger partial charge in [0.15, 0.2) is 5.65 Å². The molecule has 0 aliphatic heterocycles. The molecule has 8 aromatic rings. The number of carbonyl (C=O) groups is 1. The number of nitrogens with one attached hydrogen (secondary N) is 1. The fourth-order valence-electron chi connectivity index (χ4n) is 7.25. The number of nitrogens with zero attached hydrogens (tertiary/aromatic N) is 4. The summed E-state index contributed by atoms with van der Waals surface area (Å²) >= 11 is 6.83. The van der Waals surface area contributed by atoms with Gasteiger partial charge in [0.25, 0.3) is 5.91 Å². The highest BCUT2D eigenvalue weighted by Crippen LogP contribution is 2.38. The standard InChI is InChI=1S/C47H40ClN5O2Si/c1-33-17-18-35(26-34(33)20-23-40-29-49-45-16-11-25-50-53(40)45)46(54)51-39-22-19-37(44(48)28-39)31-52-30-36-21-24-41(27-38(36)32-52)55-56(47(2,3)4,42-12-7-5-8-13-42)43-14-9-6-10-15-43/h5-19,21-22,24-30,32H,31H2,1-4H3,(H,51,54). The molecule has 1 amide bonds. The van der Waals surface area contributed by atoms with Gasteiger partial charge < -0.3 is 14.3 Å². The number of hydrogen-bond acceptors (Lipinski definition) is 4. The minimum absolute atomic E-state index is 0.147. The molecule has 0 fully saturated rings. The Morgan fingerprint density at radius 1 is 0.821 bits per heavy atom. The summed E-state index contributed by atoms with van der Waals surface area (Å²) in [6, 6.07) is 42.5. The fourth-order valence-corrected chi connectivity index (χ4v) is 11.9. The lowest BCUT2D eigenvalue weighted by Gasteiger charge is -2.43. The molecule has 0 unspecified atom stereocenters. The van der Waals surface area contributed by atoms with E-state index in [0.717, 1.165) is 38.9 Å². The van der Waals surface area contributed by atoms with Gasteiger partial charge in [0.05, 0.1) is 6.20 Å². The Balaban J connectivity index is 0.991. The summed E-state index contributed by atoms with van der Waals surface area (Å²) in [4.78, 5) is 17.7. The lowest BCUT2D eigenvalue weighted by atomic mass is 10.0. The number of carbonyl (C=O) groups excluding carboxylic acids is 1. The molecular weight excluding hydrogens is 730 g/mol. The second-order valence-electron chi connectivity index (χ2n) is 15.0. The second kappa shape index (κ2) is 15.0. The van der Waals surface area contributed by atoms with Crippen LogP contribution in [0.2, 0.25) is 10.1 Å². The van der Waals surface area contributed by atoms with E-state index in [9.17, 15) is 4.79 Å². The average molecular weight is 770 g/mol. The highest BCUT2D eigenvalue weighted by atomic mass is 35.5. The van der Waals surface area contributed by atoms with E-state index >= 15 is 0 Å². The molecule has 0 aliphatic rings. The maximum Gasteiger partial charge on any atom is 0.319 e. The van der Waals surface area contributed by atoms with Gasteiger partial charge in [-0.15, -0.1) is 0 Å². The molecule has 5 aromatic carbocycles. The number of rotatable bonds is 8. The van der Waals surface area contributed by atoms with E-state index in [0.29, 0.717) is 28.5 Å². The van der Waals surface area contributed by atoms with Gasteiger partial charge in [-0.25, -0.2) is 9.50 Å². The molecule has 0 radical (unpaired) electrons. The number of fused-ring (bicyclic) bond motifs is 2. The number of hydrogen-bond donors (Lipinski definition) is 1. The number of benzene rings is 5. The highest BCUT2D eigenvalue weighted by Gasteiger charge is 2.52. The van der Waals surface area contributed by atoms with E-state index in [2.05, 4.69) is 144 Å². The van der Waals surface area contributed by atoms with Gasteiger partial charge in [-0.3, -0.25) is 4.79 Å². The highest BCUT2D eigenvalue weighted by molar-refractivity contribution is 7.00. The molecule has 9 heteroatoms. The zero-order valence-electron chi connectivity index (χ0n) is 31.6. The van der Waals surface area contributed by atoms with Crippen molar-refractivity contribution in [3.8, 4) is 17.6 Å². The third kappa shape index (κ3) is 7.23. The van der Waals surface area contributed by atoms with Gasteiger partial charge in [0.2, 0.25) is 0 Å². The maximum atomic E-state index is 13.4. The lowest BCUT2D eigenvalue weighted by Crippen LogP contribution is -2.68. The Labute approximate surface area is 332 Å². The summed E-state index contributed by atoms with van der Waals surface area (Å²) < 4.78 is 11.1. The van der Waals surface area contributed by atoms with Crippen molar-refractivity contribution in [1.82, 2.24) is 19.2 Å². The Kier molecular flexibility index (Phi) is 9.81. The summed E-state index contributed by atoms with van der Waals surface area (Å²) in [5.41, 5.74) is 5.14. The predicted molar refractivity (Wildman–Crippen MR) is 229 cm³/mol. The number of aryl methyl sites for hydroxylation is 1. The first-order chi connectivity index (χ1) is 27.1. The van der Waals surface area contributed by atoms with Crippen LogP contribution >= 0.6 is 11.6 Å². The molecule has 0 aliphatic carbocycles. The summed E-state index contributed by atoms with van der Waals surface area (Å²) in [5, 5.41) is 12.4. The molecule has 276 valence electrons. The largest absolute Gasteiger partial charge is 0.534 e. The van der Waals surface area contributed by atoms with Crippen LogP contribution in [0.4, 0.5) is 5.69 Å². The van der Waals surface area contributed by atoms with Gasteiger partial charge in [0, 0.05) is 52.4 Å². The van der Waals surface area contributed by atoms with Crippen molar-refractivity contribution in [3.63, 3.8) is 0 Å². The van der Waals surface area contributed by atoms with E-state index in [1.807, 2.05) is 37.3 Å². The normalized spacial score (nSPS) is 11.7. The van der Waals surface area contributed by atoms with E-state index in [4.69, 9.17) is 16.0 Å². The molecular formula is C47H40ClN5O2Si. The molecule has 3 aromatic heterocycles. The first kappa shape index (κ1) is 36.6. The van der Waals surface area contributed by atoms with Crippen LogP contribution in [0.25, 0.3) is 16.4 Å². The molecule has 0 spiro atoms. The van der Waals surface area contributed by atoms with Crippen LogP contribution in [-0.2, 0) is 6.54 Å². The minimum Gasteiger partial charge on any atom is -0.534 e. The number of amides is 1. The Morgan fingerprint density at radius 2 is 1.55 bits per heavy atom. The minimum atomic E-state index is -2.77. The van der Waals surface area contributed by atoms with Gasteiger partial charge in [-0.05, 0) is 99.4 Å². The number of halogens is 1. The predicted octanol–water partition coefficient (Wildman–Crippen LogP) is 9.29. The summed E-state index contributed by atoms with van der Waals surface area (Å²) in [5.74, 6) is 6.93. The average Bonchev–Trinajstić information content (AvgIpc) is 3.81. The summed E-state index contributed by atoms with van der Waals surface area (Å²) in [6.07, 6.45) is 7.64. The van der Waals surface area contributed by atoms with Crippen molar-refractivity contribution in [2.45, 2.75) is 39.3 Å². The smallest absolute Gasteiger partial charge is 0.319 e. The molecule has 3 heterocycles. The van der Waals surface area contributed by atoms with E-state index < -0.39 is 8.32 Å². The van der Waals surface area contributed by atoms with Crippen molar-refractivity contribution in [1.29, 1.82) is 0 Å². The Hall–Kier alpha value is -6.40. The van der Waals surface area contributed by atoms with Crippen molar-refractivity contribution in [2.24, 2.45) is 0 Å². The van der Waals surface area contributed by atoms with E-state index in [-0.39, 0.29) is 10.9 Å². The number of aromatic nitrogens is 4. The van der Waals surface area contributed by atoms with Crippen molar-refractivity contribution in [3.05, 3.63) is 185 Å². The summed E-state index contributed by atoms with van der Waals surface area (Å²) in [6.45, 7) is 9.39. The van der Waals surface area contributed by atoms with E-state index in [1.165, 1.54) is 10.4 Å². The molecule has 0 saturated heterocycles. The van der Waals surface area contributed by atoms with Crippen LogP contribution < -0.4 is 20.1 Å². The van der Waals surface area contributed by atoms with Gasteiger partial charge in [-0.1, -0.05) is 111 Å². The summed E-state index contributed by atoms with van der Waals surface area (Å²) in [7, 11) is -2.77. The lowest BCUT2D eigenvalue weighted by molar-refractivity contribution is 0.102. The van der Waals surface area contributed by atoms with Crippen LogP contribution in [0.1, 0.15) is 53.5 Å². The zero-order valence-corrected chi connectivity index (χ0v) is 33.4. The molecule has 0 saturated carbocycles. The van der Waals surface area contributed by atoms with Crippen LogP contribution in [0.3, 0.4) is 0 Å². The van der Waals surface area contributed by atoms with Crippen molar-refractivity contribution < 1.29 is 9.22 Å². The molecule has 0 atom stereocenters. The molecule has 0 bridgehead atoms. The molecule has 7 nitrogen and oxygen atoms in total. The van der Waals surface area contributed by atoms with Crippen LogP contribution in [-0.4, -0.2) is 33.4 Å². The van der Waals surface area contributed by atoms with Gasteiger partial charge in [0.1, 0.15) is 11.4 Å². The SMILES string of the molecule is Cc1ccc(C(=O)Nc2ccc(Cn3cc4ccc(O[Si](c5ccccc5)(c5ccccc5)C(C)(C)C)cc4c3)c(Cl)c2)cc1C#Cc1cnc2cccnn12. The Bertz CT molecular complexity index is 2740. The van der Waals surface area contributed by atoms with Crippen molar-refractivity contribution >= 4 is 58.3 Å². The fraction of sp³-hybridized carbons (Fsp3) is 0.128. The first-order valence-electron chi connectivity index (χ1n) is 18.5. The zero-order chi connectivity index (χ0) is 38.9. The molecule has 8 rings (SSSR count). The van der Waals surface area contributed by atoms with Crippen molar-refractivity contribution in [2.75, 3.05) is 5.32 Å². The third-order valence-electron chi connectivity index (χ3n) is 10.1. The van der Waals surface area contributed by atoms with Crippen LogP contribution in [0.15, 0.2) is 152 Å². The number of anilines is 1. The maximum absolute atomic E-state index is 13.4. The van der Waals surface area contributed by atoms with Crippen LogP contribution in [0.5, 0.6) is 5.75 Å². The van der Waals surface area contributed by atoms with Crippen LogP contribution in [0, 0.1) is 18.8 Å². The third-order valence-corrected chi connectivity index (χ3v) is 15.4. The number of imidazole rings is 1. The monoisotopic (exact) mass is 769 g/mol.